The SMILES string of the molecule is CC(C)C1NCCN(Cc2ccccc2)/C1=N\c1ccncc1. The van der Waals surface area contributed by atoms with E-state index < -0.39 is 0 Å². The largest absolute Gasteiger partial charge is 0.353 e. The molecule has 0 saturated carbocycles. The average molecular weight is 308 g/mol. The summed E-state index contributed by atoms with van der Waals surface area (Å²) in [7, 11) is 0. The maximum Gasteiger partial charge on any atom is 0.123 e. The molecule has 0 amide bonds. The molecule has 23 heavy (non-hydrogen) atoms. The minimum absolute atomic E-state index is 0.278. The lowest BCUT2D eigenvalue weighted by atomic mass is 9.99. The number of nitrogens with zero attached hydrogens (tertiary/aromatic N) is 3. The molecule has 1 aliphatic heterocycles. The Bertz CT molecular complexity index is 637. The first kappa shape index (κ1) is 15.7. The third-order valence-electron chi connectivity index (χ3n) is 4.14. The maximum absolute atomic E-state index is 4.94. The molecule has 2 heterocycles. The summed E-state index contributed by atoms with van der Waals surface area (Å²) in [6.45, 7) is 7.35. The van der Waals surface area contributed by atoms with Gasteiger partial charge in [-0.3, -0.25) is 4.98 Å². The molecule has 3 rings (SSSR count). The zero-order valence-corrected chi connectivity index (χ0v) is 13.8. The normalized spacial score (nSPS) is 20.2. The molecule has 4 heteroatoms. The fraction of sp³-hybridized carbons (Fsp3) is 0.368. The molecule has 0 spiro atoms. The Morgan fingerprint density at radius 3 is 2.61 bits per heavy atom. The summed E-state index contributed by atoms with van der Waals surface area (Å²) in [6.07, 6.45) is 3.59. The summed E-state index contributed by atoms with van der Waals surface area (Å²) in [4.78, 5) is 11.4. The van der Waals surface area contributed by atoms with E-state index >= 15 is 0 Å². The number of aromatic nitrogens is 1. The number of hydrogen-bond acceptors (Lipinski definition) is 3. The Morgan fingerprint density at radius 1 is 1.17 bits per heavy atom. The van der Waals surface area contributed by atoms with E-state index in [4.69, 9.17) is 4.99 Å². The van der Waals surface area contributed by atoms with Crippen LogP contribution in [0.25, 0.3) is 0 Å². The van der Waals surface area contributed by atoms with Crippen molar-refractivity contribution in [3.05, 3.63) is 60.4 Å². The van der Waals surface area contributed by atoms with Gasteiger partial charge in [-0.25, -0.2) is 4.99 Å². The summed E-state index contributed by atoms with van der Waals surface area (Å²) in [5, 5.41) is 3.62. The highest BCUT2D eigenvalue weighted by atomic mass is 15.3. The first-order valence-electron chi connectivity index (χ1n) is 8.25. The Hall–Kier alpha value is -2.20. The van der Waals surface area contributed by atoms with Crippen LogP contribution in [0.3, 0.4) is 0 Å². The molecule has 0 aliphatic carbocycles. The Kier molecular flexibility index (Phi) is 5.03. The van der Waals surface area contributed by atoms with Crippen molar-refractivity contribution in [2.45, 2.75) is 26.4 Å². The number of pyridine rings is 1. The molecule has 120 valence electrons. The van der Waals surface area contributed by atoms with Gasteiger partial charge in [-0.1, -0.05) is 44.2 Å². The van der Waals surface area contributed by atoms with E-state index in [-0.39, 0.29) is 6.04 Å². The van der Waals surface area contributed by atoms with Crippen molar-refractivity contribution < 1.29 is 0 Å². The van der Waals surface area contributed by atoms with Crippen molar-refractivity contribution in [2.75, 3.05) is 13.1 Å². The van der Waals surface area contributed by atoms with Crippen molar-refractivity contribution in [3.63, 3.8) is 0 Å². The van der Waals surface area contributed by atoms with Crippen LogP contribution in [0.4, 0.5) is 5.69 Å². The van der Waals surface area contributed by atoms with E-state index in [0.717, 1.165) is 31.2 Å². The molecule has 1 fully saturated rings. The van der Waals surface area contributed by atoms with Gasteiger partial charge in [-0.2, -0.15) is 0 Å². The lowest BCUT2D eigenvalue weighted by molar-refractivity contribution is 0.315. The lowest BCUT2D eigenvalue weighted by Crippen LogP contribution is -2.56. The maximum atomic E-state index is 4.94. The van der Waals surface area contributed by atoms with Gasteiger partial charge in [0.25, 0.3) is 0 Å². The highest BCUT2D eigenvalue weighted by molar-refractivity contribution is 5.90. The summed E-state index contributed by atoms with van der Waals surface area (Å²) in [5.41, 5.74) is 2.28. The molecule has 1 N–H and O–H groups in total. The van der Waals surface area contributed by atoms with Gasteiger partial charge >= 0.3 is 0 Å². The quantitative estimate of drug-likeness (QED) is 0.942. The van der Waals surface area contributed by atoms with Crippen molar-refractivity contribution in [3.8, 4) is 0 Å². The topological polar surface area (TPSA) is 40.5 Å². The van der Waals surface area contributed by atoms with Crippen LogP contribution in [0.1, 0.15) is 19.4 Å². The van der Waals surface area contributed by atoms with Crippen LogP contribution in [-0.2, 0) is 6.54 Å². The van der Waals surface area contributed by atoms with Crippen LogP contribution < -0.4 is 5.32 Å². The predicted octanol–water partition coefficient (Wildman–Crippen LogP) is 3.24. The lowest BCUT2D eigenvalue weighted by Gasteiger charge is -2.38. The molecule has 0 bridgehead atoms. The number of piperazine rings is 1. The van der Waals surface area contributed by atoms with Crippen LogP contribution in [-0.4, -0.2) is 34.9 Å². The minimum atomic E-state index is 0.278. The van der Waals surface area contributed by atoms with Gasteiger partial charge in [0.2, 0.25) is 0 Å². The number of amidine groups is 1. The average Bonchev–Trinajstić information content (AvgIpc) is 2.58. The number of hydrogen-bond donors (Lipinski definition) is 1. The van der Waals surface area contributed by atoms with Gasteiger partial charge in [0.05, 0.1) is 11.7 Å². The van der Waals surface area contributed by atoms with E-state index in [1.54, 1.807) is 12.4 Å². The number of benzene rings is 1. The Morgan fingerprint density at radius 2 is 1.91 bits per heavy atom. The van der Waals surface area contributed by atoms with E-state index in [9.17, 15) is 0 Å². The van der Waals surface area contributed by atoms with Crippen molar-refractivity contribution in [1.29, 1.82) is 0 Å². The molecule has 2 aromatic rings. The first-order valence-corrected chi connectivity index (χ1v) is 8.25. The van der Waals surface area contributed by atoms with Gasteiger partial charge in [0.15, 0.2) is 0 Å². The third kappa shape index (κ3) is 3.96. The fourth-order valence-electron chi connectivity index (χ4n) is 2.95. The van der Waals surface area contributed by atoms with Gasteiger partial charge < -0.3 is 10.2 Å². The molecule has 1 unspecified atom stereocenters. The van der Waals surface area contributed by atoms with Gasteiger partial charge in [-0.05, 0) is 23.6 Å². The van der Waals surface area contributed by atoms with Crippen molar-refractivity contribution in [2.24, 2.45) is 10.9 Å². The van der Waals surface area contributed by atoms with Crippen LogP contribution in [0.5, 0.6) is 0 Å². The monoisotopic (exact) mass is 308 g/mol. The number of nitrogens with one attached hydrogen (secondary N) is 1. The van der Waals surface area contributed by atoms with E-state index in [1.165, 1.54) is 5.56 Å². The highest BCUT2D eigenvalue weighted by Gasteiger charge is 2.28. The summed E-state index contributed by atoms with van der Waals surface area (Å²) >= 11 is 0. The molecule has 1 saturated heterocycles. The van der Waals surface area contributed by atoms with Crippen LogP contribution >= 0.6 is 0 Å². The fourth-order valence-corrected chi connectivity index (χ4v) is 2.95. The Labute approximate surface area is 138 Å². The standard InChI is InChI=1S/C19H24N4/c1-15(2)18-19(22-17-8-10-20-11-9-17)23(13-12-21-18)14-16-6-4-3-5-7-16/h3-11,15,18,21H,12-14H2,1-2H3/b22-19-. The Balaban J connectivity index is 1.90. The highest BCUT2D eigenvalue weighted by Crippen LogP contribution is 2.19. The second-order valence-corrected chi connectivity index (χ2v) is 6.26. The molecule has 1 aliphatic rings. The van der Waals surface area contributed by atoms with Gasteiger partial charge in [-0.15, -0.1) is 0 Å². The van der Waals surface area contributed by atoms with E-state index in [1.807, 2.05) is 12.1 Å². The smallest absolute Gasteiger partial charge is 0.123 e. The van der Waals surface area contributed by atoms with E-state index in [0.29, 0.717) is 5.92 Å². The molecule has 1 atom stereocenters. The molecular weight excluding hydrogens is 284 g/mol. The summed E-state index contributed by atoms with van der Waals surface area (Å²) in [6, 6.07) is 14.8. The molecule has 0 radical (unpaired) electrons. The molecule has 1 aromatic carbocycles. The zero-order chi connectivity index (χ0) is 16.1. The summed E-state index contributed by atoms with van der Waals surface area (Å²) in [5.74, 6) is 1.62. The van der Waals surface area contributed by atoms with Crippen LogP contribution in [0.15, 0.2) is 59.9 Å². The van der Waals surface area contributed by atoms with Gasteiger partial charge in [0, 0.05) is 32.0 Å². The van der Waals surface area contributed by atoms with Crippen molar-refractivity contribution >= 4 is 11.5 Å². The number of rotatable bonds is 4. The first-order chi connectivity index (χ1) is 11.2. The molecular formula is C19H24N4. The minimum Gasteiger partial charge on any atom is -0.353 e. The molecule has 1 aromatic heterocycles. The van der Waals surface area contributed by atoms with E-state index in [2.05, 4.69) is 59.4 Å². The second kappa shape index (κ2) is 7.38. The summed E-state index contributed by atoms with van der Waals surface area (Å²) < 4.78 is 0. The van der Waals surface area contributed by atoms with Crippen LogP contribution in [0.2, 0.25) is 0 Å². The predicted molar refractivity (Wildman–Crippen MR) is 94.8 cm³/mol. The van der Waals surface area contributed by atoms with Crippen molar-refractivity contribution in [1.82, 2.24) is 15.2 Å². The molecule has 4 nitrogen and oxygen atoms in total. The number of aliphatic imine (C=N–C) groups is 1. The second-order valence-electron chi connectivity index (χ2n) is 6.26. The third-order valence-corrected chi connectivity index (χ3v) is 4.14. The van der Waals surface area contributed by atoms with Gasteiger partial charge in [0.1, 0.15) is 5.84 Å². The zero-order valence-electron chi connectivity index (χ0n) is 13.8. The van der Waals surface area contributed by atoms with Crippen LogP contribution in [0, 0.1) is 5.92 Å².